The molecule has 1 aromatic carbocycles. The van der Waals surface area contributed by atoms with Crippen LogP contribution < -0.4 is 0 Å². The molecule has 1 aromatic rings. The third kappa shape index (κ3) is 4.35. The lowest BCUT2D eigenvalue weighted by Gasteiger charge is -2.17. The second kappa shape index (κ2) is 7.89. The maximum atomic E-state index is 13.8. The number of nitrogens with zero attached hydrogens (tertiary/aromatic N) is 1. The fourth-order valence-electron chi connectivity index (χ4n) is 1.60. The molecule has 2 nitrogen and oxygen atoms in total. The number of rotatable bonds is 6. The Morgan fingerprint density at radius 2 is 2.06 bits per heavy atom. The van der Waals surface area contributed by atoms with E-state index in [0.29, 0.717) is 11.0 Å². The molecule has 1 rings (SSSR count). The molecule has 0 atom stereocenters. The molecule has 0 fully saturated rings. The van der Waals surface area contributed by atoms with Gasteiger partial charge >= 0.3 is 0 Å². The number of carbonyl (C=O) groups excluding carboxylic acids is 1. The molecule has 100 valence electrons. The lowest BCUT2D eigenvalue weighted by molar-refractivity contribution is 0.0788. The topological polar surface area (TPSA) is 20.3 Å². The minimum Gasteiger partial charge on any atom is -0.342 e. The van der Waals surface area contributed by atoms with Crippen LogP contribution in [0.5, 0.6) is 0 Å². The van der Waals surface area contributed by atoms with Gasteiger partial charge in [-0.2, -0.15) is 0 Å². The molecule has 0 N–H and O–H groups in total. The first-order valence-corrected chi connectivity index (χ1v) is 7.74. The Morgan fingerprint density at radius 1 is 1.33 bits per heavy atom. The van der Waals surface area contributed by atoms with E-state index in [-0.39, 0.29) is 11.5 Å². The Bertz CT molecular complexity index is 412. The Labute approximate surface area is 124 Å². The zero-order valence-corrected chi connectivity index (χ0v) is 13.4. The predicted molar refractivity (Wildman–Crippen MR) is 78.7 cm³/mol. The van der Waals surface area contributed by atoms with Gasteiger partial charge in [-0.05, 0) is 40.9 Å². The molecule has 0 aromatic heterocycles. The van der Waals surface area contributed by atoms with E-state index in [1.54, 1.807) is 24.1 Å². The summed E-state index contributed by atoms with van der Waals surface area (Å²) >= 11 is 6.45. The van der Waals surface area contributed by atoms with Crippen molar-refractivity contribution in [2.45, 2.75) is 19.3 Å². The summed E-state index contributed by atoms with van der Waals surface area (Å²) in [5.74, 6) is -0.762. The van der Waals surface area contributed by atoms with Gasteiger partial charge in [-0.15, -0.1) is 0 Å². The number of unbranched alkanes of at least 4 members (excludes halogenated alkanes) is 2. The Balaban J connectivity index is 2.60. The fraction of sp³-hybridized carbons (Fsp3) is 0.462. The molecule has 0 saturated carbocycles. The molecule has 0 aliphatic carbocycles. The van der Waals surface area contributed by atoms with Gasteiger partial charge in [-0.25, -0.2) is 4.39 Å². The standard InChI is InChI=1S/C13H16Br2FNO/c1-17(9-4-2-3-8-14)13(18)10-6-5-7-11(15)12(10)16/h5-7H,2-4,8-9H2,1H3. The van der Waals surface area contributed by atoms with Crippen LogP contribution in [0.2, 0.25) is 0 Å². The molecule has 0 heterocycles. The van der Waals surface area contributed by atoms with Gasteiger partial charge in [0.1, 0.15) is 5.82 Å². The molecule has 0 saturated heterocycles. The summed E-state index contributed by atoms with van der Waals surface area (Å²) in [7, 11) is 1.71. The molecule has 0 radical (unpaired) electrons. The quantitative estimate of drug-likeness (QED) is 0.534. The normalized spacial score (nSPS) is 10.4. The highest BCUT2D eigenvalue weighted by molar-refractivity contribution is 9.10. The number of halogens is 3. The number of hydrogen-bond donors (Lipinski definition) is 0. The lowest BCUT2D eigenvalue weighted by atomic mass is 10.1. The van der Waals surface area contributed by atoms with Gasteiger partial charge < -0.3 is 4.90 Å². The minimum absolute atomic E-state index is 0.118. The maximum Gasteiger partial charge on any atom is 0.256 e. The van der Waals surface area contributed by atoms with Crippen LogP contribution in [-0.2, 0) is 0 Å². The number of amides is 1. The van der Waals surface area contributed by atoms with Gasteiger partial charge in [0.2, 0.25) is 0 Å². The van der Waals surface area contributed by atoms with Crippen molar-refractivity contribution in [3.63, 3.8) is 0 Å². The highest BCUT2D eigenvalue weighted by Crippen LogP contribution is 2.19. The van der Waals surface area contributed by atoms with E-state index in [2.05, 4.69) is 31.9 Å². The molecule has 5 heteroatoms. The van der Waals surface area contributed by atoms with Gasteiger partial charge in [-0.3, -0.25) is 4.79 Å². The lowest BCUT2D eigenvalue weighted by Crippen LogP contribution is -2.28. The van der Waals surface area contributed by atoms with Gasteiger partial charge in [0.05, 0.1) is 10.0 Å². The van der Waals surface area contributed by atoms with Crippen molar-refractivity contribution in [2.75, 3.05) is 18.9 Å². The zero-order chi connectivity index (χ0) is 13.5. The van der Waals surface area contributed by atoms with E-state index >= 15 is 0 Å². The van der Waals surface area contributed by atoms with E-state index in [0.717, 1.165) is 24.6 Å². The van der Waals surface area contributed by atoms with Crippen molar-refractivity contribution in [3.05, 3.63) is 34.1 Å². The maximum absolute atomic E-state index is 13.8. The molecule has 18 heavy (non-hydrogen) atoms. The summed E-state index contributed by atoms with van der Waals surface area (Å²) in [4.78, 5) is 13.6. The molecule has 0 aliphatic rings. The summed E-state index contributed by atoms with van der Waals surface area (Å²) in [6.45, 7) is 0.651. The molecule has 0 bridgehead atoms. The van der Waals surface area contributed by atoms with Gasteiger partial charge in [0, 0.05) is 18.9 Å². The third-order valence-corrected chi connectivity index (χ3v) is 3.83. The zero-order valence-electron chi connectivity index (χ0n) is 10.3. The average Bonchev–Trinajstić information content (AvgIpc) is 2.37. The first-order valence-electron chi connectivity index (χ1n) is 5.83. The summed E-state index contributed by atoms with van der Waals surface area (Å²) in [5.41, 5.74) is 0.118. The third-order valence-electron chi connectivity index (χ3n) is 2.66. The monoisotopic (exact) mass is 379 g/mol. The van der Waals surface area contributed by atoms with Crippen molar-refractivity contribution < 1.29 is 9.18 Å². The summed E-state index contributed by atoms with van der Waals surface area (Å²) in [6, 6.07) is 4.76. The SMILES string of the molecule is CN(CCCCCBr)C(=O)c1cccc(Br)c1F. The van der Waals surface area contributed by atoms with Gasteiger partial charge in [-0.1, -0.05) is 28.4 Å². The number of alkyl halides is 1. The Morgan fingerprint density at radius 3 is 2.72 bits per heavy atom. The second-order valence-corrected chi connectivity index (χ2v) is 5.73. The van der Waals surface area contributed by atoms with Crippen LogP contribution in [0.1, 0.15) is 29.6 Å². The molecule has 1 amide bonds. The molecule has 0 aliphatic heterocycles. The summed E-state index contributed by atoms with van der Waals surface area (Å²) in [6.07, 6.45) is 3.08. The van der Waals surface area contributed by atoms with E-state index < -0.39 is 5.82 Å². The average molecular weight is 381 g/mol. The van der Waals surface area contributed by atoms with Gasteiger partial charge in [0.25, 0.3) is 5.91 Å². The van der Waals surface area contributed by atoms with E-state index in [1.165, 1.54) is 6.07 Å². The van der Waals surface area contributed by atoms with Crippen LogP contribution in [0, 0.1) is 5.82 Å². The summed E-state index contributed by atoms with van der Waals surface area (Å²) < 4.78 is 14.1. The molecule has 0 spiro atoms. The highest BCUT2D eigenvalue weighted by atomic mass is 79.9. The number of benzene rings is 1. The molecule has 0 unspecified atom stereocenters. The van der Waals surface area contributed by atoms with Crippen LogP contribution in [0.25, 0.3) is 0 Å². The first-order chi connectivity index (χ1) is 8.57. The van der Waals surface area contributed by atoms with Crippen molar-refractivity contribution in [2.24, 2.45) is 0 Å². The first kappa shape index (κ1) is 15.6. The molecular formula is C13H16Br2FNO. The van der Waals surface area contributed by atoms with E-state index in [4.69, 9.17) is 0 Å². The van der Waals surface area contributed by atoms with Gasteiger partial charge in [0.15, 0.2) is 0 Å². The second-order valence-electron chi connectivity index (χ2n) is 4.08. The summed E-state index contributed by atoms with van der Waals surface area (Å²) in [5, 5.41) is 0.977. The van der Waals surface area contributed by atoms with Crippen LogP contribution in [0.15, 0.2) is 22.7 Å². The van der Waals surface area contributed by atoms with Crippen LogP contribution in [0.4, 0.5) is 4.39 Å². The van der Waals surface area contributed by atoms with E-state index in [9.17, 15) is 9.18 Å². The van der Waals surface area contributed by atoms with Crippen molar-refractivity contribution in [3.8, 4) is 0 Å². The van der Waals surface area contributed by atoms with Crippen LogP contribution in [0.3, 0.4) is 0 Å². The number of carbonyl (C=O) groups is 1. The number of hydrogen-bond acceptors (Lipinski definition) is 1. The van der Waals surface area contributed by atoms with Crippen molar-refractivity contribution in [1.82, 2.24) is 4.90 Å². The van der Waals surface area contributed by atoms with Crippen LogP contribution >= 0.6 is 31.9 Å². The van der Waals surface area contributed by atoms with E-state index in [1.807, 2.05) is 0 Å². The predicted octanol–water partition coefficient (Wildman–Crippen LogP) is 4.23. The largest absolute Gasteiger partial charge is 0.342 e. The molecular weight excluding hydrogens is 365 g/mol. The minimum atomic E-state index is -0.491. The Kier molecular flexibility index (Phi) is 6.86. The van der Waals surface area contributed by atoms with Crippen molar-refractivity contribution in [1.29, 1.82) is 0 Å². The smallest absolute Gasteiger partial charge is 0.256 e. The Hall–Kier alpha value is -0.420. The fourth-order valence-corrected chi connectivity index (χ4v) is 2.36. The van der Waals surface area contributed by atoms with Crippen LogP contribution in [-0.4, -0.2) is 29.7 Å². The van der Waals surface area contributed by atoms with Crippen molar-refractivity contribution >= 4 is 37.8 Å². The highest BCUT2D eigenvalue weighted by Gasteiger charge is 2.17.